The number of nitrogens with zero attached hydrogens (tertiary/aromatic N) is 1. The maximum Gasteiger partial charge on any atom is 0.251 e. The molecule has 0 bridgehead atoms. The molecule has 6 heteroatoms. The number of nitrogens with one attached hydrogen (secondary N) is 1. The summed E-state index contributed by atoms with van der Waals surface area (Å²) in [5.41, 5.74) is 2.02. The van der Waals surface area contributed by atoms with Crippen molar-refractivity contribution in [3.8, 4) is 11.5 Å². The minimum Gasteiger partial charge on any atom is -0.485 e. The third-order valence-electron chi connectivity index (χ3n) is 4.58. The van der Waals surface area contributed by atoms with E-state index in [1.165, 1.54) is 12.1 Å². The Bertz CT molecular complexity index is 979. The largest absolute Gasteiger partial charge is 0.485 e. The van der Waals surface area contributed by atoms with Crippen molar-refractivity contribution in [3.05, 3.63) is 95.3 Å². The van der Waals surface area contributed by atoms with E-state index in [0.29, 0.717) is 13.1 Å². The molecule has 5 nitrogen and oxygen atoms in total. The van der Waals surface area contributed by atoms with Crippen LogP contribution >= 0.6 is 0 Å². The Labute approximate surface area is 182 Å². The van der Waals surface area contributed by atoms with Crippen LogP contribution in [0, 0.1) is 5.82 Å². The van der Waals surface area contributed by atoms with E-state index in [1.54, 1.807) is 0 Å². The van der Waals surface area contributed by atoms with Crippen LogP contribution in [0.4, 0.5) is 4.39 Å². The van der Waals surface area contributed by atoms with Crippen LogP contribution in [-0.4, -0.2) is 38.0 Å². The summed E-state index contributed by atoms with van der Waals surface area (Å²) < 4.78 is 26.6. The summed E-state index contributed by atoms with van der Waals surface area (Å²) in [5.74, 6) is -0.818. The quantitative estimate of drug-likeness (QED) is 0.530. The third kappa shape index (κ3) is 6.83. The standard InChI is InChI=1S/C25H27FN2O3/c1-28(2)14-13-27-25(29)21-15-22(26)24(31-18-20-11-7-4-8-12-20)23(16-21)30-17-19-9-5-3-6-10-19/h3-12,15-16H,13-14,17-18H2,1-2H3,(H,27,29). The highest BCUT2D eigenvalue weighted by Gasteiger charge is 2.18. The molecule has 3 aromatic carbocycles. The van der Waals surface area contributed by atoms with Gasteiger partial charge in [0, 0.05) is 18.7 Å². The maximum absolute atomic E-state index is 15.0. The molecule has 0 radical (unpaired) electrons. The molecule has 0 aromatic heterocycles. The molecular formula is C25H27FN2O3. The van der Waals surface area contributed by atoms with Gasteiger partial charge < -0.3 is 19.7 Å². The predicted octanol–water partition coefficient (Wildman–Crippen LogP) is 4.28. The van der Waals surface area contributed by atoms with Gasteiger partial charge in [-0.2, -0.15) is 0 Å². The SMILES string of the molecule is CN(C)CCNC(=O)c1cc(F)c(OCc2ccccc2)c(OCc2ccccc2)c1. The summed E-state index contributed by atoms with van der Waals surface area (Å²) in [6.07, 6.45) is 0. The van der Waals surface area contributed by atoms with E-state index in [1.807, 2.05) is 79.7 Å². The second kappa shape index (κ2) is 11.1. The number of benzene rings is 3. The highest BCUT2D eigenvalue weighted by Crippen LogP contribution is 2.33. The van der Waals surface area contributed by atoms with E-state index >= 15 is 0 Å². The third-order valence-corrected chi connectivity index (χ3v) is 4.58. The van der Waals surface area contributed by atoms with Gasteiger partial charge in [0.1, 0.15) is 13.2 Å². The molecule has 0 aliphatic carbocycles. The average Bonchev–Trinajstić information content (AvgIpc) is 2.77. The predicted molar refractivity (Wildman–Crippen MR) is 119 cm³/mol. The van der Waals surface area contributed by atoms with Crippen LogP contribution in [0.3, 0.4) is 0 Å². The topological polar surface area (TPSA) is 50.8 Å². The van der Waals surface area contributed by atoms with Crippen molar-refractivity contribution >= 4 is 5.91 Å². The van der Waals surface area contributed by atoms with Crippen molar-refractivity contribution in [2.24, 2.45) is 0 Å². The summed E-state index contributed by atoms with van der Waals surface area (Å²) in [5, 5.41) is 2.79. The van der Waals surface area contributed by atoms with Crippen LogP contribution in [-0.2, 0) is 13.2 Å². The second-order valence-corrected chi connectivity index (χ2v) is 7.39. The molecular weight excluding hydrogens is 395 g/mol. The minimum atomic E-state index is -0.640. The summed E-state index contributed by atoms with van der Waals surface area (Å²) >= 11 is 0. The van der Waals surface area contributed by atoms with Crippen molar-refractivity contribution in [2.75, 3.05) is 27.2 Å². The molecule has 0 aliphatic rings. The number of halogens is 1. The van der Waals surface area contributed by atoms with E-state index in [9.17, 15) is 9.18 Å². The Kier molecular flexibility index (Phi) is 8.01. The normalized spacial score (nSPS) is 10.7. The van der Waals surface area contributed by atoms with Gasteiger partial charge in [-0.3, -0.25) is 4.79 Å². The van der Waals surface area contributed by atoms with Crippen molar-refractivity contribution in [1.82, 2.24) is 10.2 Å². The summed E-state index contributed by atoms with van der Waals surface area (Å²) in [6.45, 7) is 1.56. The lowest BCUT2D eigenvalue weighted by atomic mass is 10.1. The zero-order valence-corrected chi connectivity index (χ0v) is 17.8. The fourth-order valence-electron chi connectivity index (χ4n) is 2.91. The van der Waals surface area contributed by atoms with Crippen molar-refractivity contribution in [1.29, 1.82) is 0 Å². The van der Waals surface area contributed by atoms with Crippen molar-refractivity contribution in [2.45, 2.75) is 13.2 Å². The number of hydrogen-bond donors (Lipinski definition) is 1. The first kappa shape index (κ1) is 22.3. The van der Waals surface area contributed by atoms with Gasteiger partial charge >= 0.3 is 0 Å². The summed E-state index contributed by atoms with van der Waals surface area (Å²) in [7, 11) is 3.83. The van der Waals surface area contributed by atoms with Crippen LogP contribution < -0.4 is 14.8 Å². The number of amides is 1. The Morgan fingerprint density at radius 1 is 0.903 bits per heavy atom. The molecule has 1 N–H and O–H groups in total. The first-order valence-electron chi connectivity index (χ1n) is 10.1. The van der Waals surface area contributed by atoms with Crippen LogP contribution in [0.2, 0.25) is 0 Å². The van der Waals surface area contributed by atoms with E-state index in [-0.39, 0.29) is 36.2 Å². The van der Waals surface area contributed by atoms with E-state index in [4.69, 9.17) is 9.47 Å². The van der Waals surface area contributed by atoms with Crippen LogP contribution in [0.5, 0.6) is 11.5 Å². The Hall–Kier alpha value is -3.38. The molecule has 0 unspecified atom stereocenters. The minimum absolute atomic E-state index is 0.00961. The molecule has 0 fully saturated rings. The fourth-order valence-corrected chi connectivity index (χ4v) is 2.91. The summed E-state index contributed by atoms with van der Waals surface area (Å²) in [4.78, 5) is 14.5. The van der Waals surface area contributed by atoms with Crippen LogP contribution in [0.25, 0.3) is 0 Å². The number of carbonyl (C=O) groups excluding carboxylic acids is 1. The number of rotatable bonds is 10. The Morgan fingerprint density at radius 2 is 1.48 bits per heavy atom. The van der Waals surface area contributed by atoms with Gasteiger partial charge in [0.2, 0.25) is 0 Å². The highest BCUT2D eigenvalue weighted by molar-refractivity contribution is 5.95. The smallest absolute Gasteiger partial charge is 0.251 e. The molecule has 0 heterocycles. The average molecular weight is 423 g/mol. The Morgan fingerprint density at radius 3 is 2.06 bits per heavy atom. The number of ether oxygens (including phenoxy) is 2. The van der Waals surface area contributed by atoms with E-state index < -0.39 is 5.82 Å². The second-order valence-electron chi connectivity index (χ2n) is 7.39. The zero-order chi connectivity index (χ0) is 22.1. The number of carbonyl (C=O) groups is 1. The molecule has 0 aliphatic heterocycles. The molecule has 31 heavy (non-hydrogen) atoms. The van der Waals surface area contributed by atoms with Crippen LogP contribution in [0.15, 0.2) is 72.8 Å². The first-order chi connectivity index (χ1) is 15.0. The molecule has 0 atom stereocenters. The van der Waals surface area contributed by atoms with Gasteiger partial charge in [-0.05, 0) is 37.4 Å². The molecule has 162 valence electrons. The molecule has 0 saturated heterocycles. The number of likely N-dealkylation sites (N-methyl/N-ethyl adjacent to an activating group) is 1. The molecule has 3 aromatic rings. The van der Waals surface area contributed by atoms with Gasteiger partial charge in [0.25, 0.3) is 5.91 Å². The van der Waals surface area contributed by atoms with Crippen molar-refractivity contribution < 1.29 is 18.7 Å². The maximum atomic E-state index is 15.0. The Balaban J connectivity index is 1.80. The summed E-state index contributed by atoms with van der Waals surface area (Å²) in [6, 6.07) is 21.7. The lowest BCUT2D eigenvalue weighted by molar-refractivity contribution is 0.0949. The van der Waals surface area contributed by atoms with Crippen molar-refractivity contribution in [3.63, 3.8) is 0 Å². The van der Waals surface area contributed by atoms with Gasteiger partial charge in [0.05, 0.1) is 0 Å². The van der Waals surface area contributed by atoms with Gasteiger partial charge in [0.15, 0.2) is 17.3 Å². The van der Waals surface area contributed by atoms with E-state index in [2.05, 4.69) is 5.32 Å². The zero-order valence-electron chi connectivity index (χ0n) is 17.8. The lowest BCUT2D eigenvalue weighted by Crippen LogP contribution is -2.31. The van der Waals surface area contributed by atoms with Gasteiger partial charge in [-0.25, -0.2) is 4.39 Å². The van der Waals surface area contributed by atoms with Gasteiger partial charge in [-0.1, -0.05) is 60.7 Å². The fraction of sp³-hybridized carbons (Fsp3) is 0.240. The molecule has 1 amide bonds. The molecule has 0 spiro atoms. The monoisotopic (exact) mass is 422 g/mol. The first-order valence-corrected chi connectivity index (χ1v) is 10.1. The molecule has 3 rings (SSSR count). The molecule has 0 saturated carbocycles. The van der Waals surface area contributed by atoms with E-state index in [0.717, 1.165) is 11.1 Å². The number of hydrogen-bond acceptors (Lipinski definition) is 4. The van der Waals surface area contributed by atoms with Crippen LogP contribution in [0.1, 0.15) is 21.5 Å². The highest BCUT2D eigenvalue weighted by atomic mass is 19.1. The lowest BCUT2D eigenvalue weighted by Gasteiger charge is -2.16. The van der Waals surface area contributed by atoms with Gasteiger partial charge in [-0.15, -0.1) is 0 Å².